The number of nitrogens with two attached hydrogens (primary N) is 1. The lowest BCUT2D eigenvalue weighted by molar-refractivity contribution is -0.167. The summed E-state index contributed by atoms with van der Waals surface area (Å²) in [6.07, 6.45) is -0.849. The van der Waals surface area contributed by atoms with Crippen LogP contribution < -0.4 is 5.73 Å². The summed E-state index contributed by atoms with van der Waals surface area (Å²) in [5, 5.41) is -0.482. The molecule has 6 heteroatoms. The van der Waals surface area contributed by atoms with Gasteiger partial charge in [-0.3, -0.25) is 4.79 Å². The molecule has 1 atom stereocenters. The van der Waals surface area contributed by atoms with Crippen molar-refractivity contribution in [3.8, 4) is 0 Å². The van der Waals surface area contributed by atoms with Crippen LogP contribution in [-0.4, -0.2) is 29.9 Å². The average Bonchev–Trinajstić information content (AvgIpc) is 2.14. The first-order valence-corrected chi connectivity index (χ1v) is 5.70. The Morgan fingerprint density at radius 3 is 2.33 bits per heavy atom. The van der Waals surface area contributed by atoms with Gasteiger partial charge in [0.2, 0.25) is 6.29 Å². The molecule has 0 aliphatic rings. The van der Waals surface area contributed by atoms with E-state index in [1.54, 1.807) is 13.8 Å². The second kappa shape index (κ2) is 7.53. The fourth-order valence-corrected chi connectivity index (χ4v) is 1.12. The Morgan fingerprint density at radius 2 is 1.87 bits per heavy atom. The number of hydrogen-bond donors (Lipinski definition) is 1. The number of carbonyl (C=O) groups excluding carboxylic acids is 2. The summed E-state index contributed by atoms with van der Waals surface area (Å²) in [4.78, 5) is 22.2. The summed E-state index contributed by atoms with van der Waals surface area (Å²) < 4.78 is 9.63. The maximum Gasteiger partial charge on any atom is 0.370 e. The molecular weight excluding hydrogens is 218 g/mol. The van der Waals surface area contributed by atoms with Crippen molar-refractivity contribution in [3.05, 3.63) is 0 Å². The molecule has 0 bridgehead atoms. The maximum atomic E-state index is 11.1. The fraction of sp³-hybridized carbons (Fsp3) is 0.778. The van der Waals surface area contributed by atoms with E-state index in [-0.39, 0.29) is 11.9 Å². The van der Waals surface area contributed by atoms with Gasteiger partial charge >= 0.3 is 11.3 Å². The van der Waals surface area contributed by atoms with Crippen LogP contribution >= 0.6 is 11.8 Å². The summed E-state index contributed by atoms with van der Waals surface area (Å²) in [6, 6.07) is 0. The molecule has 0 aliphatic heterocycles. The number of rotatable bonds is 5. The Bertz CT molecular complexity index is 220. The molecule has 5 nitrogen and oxygen atoms in total. The van der Waals surface area contributed by atoms with E-state index < -0.39 is 11.6 Å². The van der Waals surface area contributed by atoms with Crippen LogP contribution in [0.3, 0.4) is 0 Å². The van der Waals surface area contributed by atoms with Crippen LogP contribution in [0, 0.1) is 5.92 Å². The van der Waals surface area contributed by atoms with Crippen LogP contribution in [0.25, 0.3) is 0 Å². The smallest absolute Gasteiger partial charge is 0.370 e. The lowest BCUT2D eigenvalue weighted by Gasteiger charge is -2.14. The molecule has 0 aromatic heterocycles. The molecule has 0 radical (unpaired) electrons. The molecule has 88 valence electrons. The van der Waals surface area contributed by atoms with Crippen molar-refractivity contribution in [2.24, 2.45) is 11.7 Å². The third-order valence-corrected chi connectivity index (χ3v) is 2.13. The highest BCUT2D eigenvalue weighted by Gasteiger charge is 2.16. The van der Waals surface area contributed by atoms with Gasteiger partial charge in [-0.2, -0.15) is 0 Å². The summed E-state index contributed by atoms with van der Waals surface area (Å²) in [5.41, 5.74) is 5.21. The van der Waals surface area contributed by atoms with Crippen molar-refractivity contribution in [3.63, 3.8) is 0 Å². The van der Waals surface area contributed by atoms with Crippen LogP contribution in [-0.2, 0) is 14.3 Å². The van der Waals surface area contributed by atoms with Crippen molar-refractivity contribution in [1.29, 1.82) is 0 Å². The van der Waals surface area contributed by atoms with E-state index in [1.807, 2.05) is 0 Å². The number of esters is 1. The van der Waals surface area contributed by atoms with Crippen LogP contribution in [0.4, 0.5) is 4.79 Å². The molecule has 0 aliphatic carbocycles. The number of thioether (sulfide) groups is 1. The summed E-state index contributed by atoms with van der Waals surface area (Å²) in [7, 11) is 0. The average molecular weight is 235 g/mol. The van der Waals surface area contributed by atoms with E-state index >= 15 is 0 Å². The molecule has 2 N–H and O–H groups in total. The Labute approximate surface area is 93.7 Å². The van der Waals surface area contributed by atoms with Crippen LogP contribution in [0.2, 0.25) is 0 Å². The predicted molar refractivity (Wildman–Crippen MR) is 58.4 cm³/mol. The van der Waals surface area contributed by atoms with Gasteiger partial charge in [0.25, 0.3) is 0 Å². The van der Waals surface area contributed by atoms with Gasteiger partial charge in [-0.05, 0) is 11.8 Å². The largest absolute Gasteiger partial charge is 0.425 e. The zero-order valence-electron chi connectivity index (χ0n) is 9.19. The topological polar surface area (TPSA) is 78.6 Å². The van der Waals surface area contributed by atoms with Crippen LogP contribution in [0.1, 0.15) is 20.8 Å². The van der Waals surface area contributed by atoms with E-state index in [0.717, 1.165) is 11.8 Å². The second-order valence-corrected chi connectivity index (χ2v) is 4.19. The molecule has 0 fully saturated rings. The van der Waals surface area contributed by atoms with Crippen LogP contribution in [0.5, 0.6) is 0 Å². The minimum atomic E-state index is -0.849. The second-order valence-electron chi connectivity index (χ2n) is 3.16. The number of hydrogen-bond acceptors (Lipinski definition) is 6. The minimum Gasteiger partial charge on any atom is -0.425 e. The molecule has 0 spiro atoms. The van der Waals surface area contributed by atoms with Gasteiger partial charge in [-0.15, -0.1) is 0 Å². The highest BCUT2D eigenvalue weighted by molar-refractivity contribution is 8.13. The van der Waals surface area contributed by atoms with E-state index in [4.69, 9.17) is 15.2 Å². The zero-order valence-corrected chi connectivity index (χ0v) is 10.0. The number of ether oxygens (including phenoxy) is 2. The summed E-state index contributed by atoms with van der Waals surface area (Å²) in [5.74, 6) is -0.133. The molecule has 0 saturated carbocycles. The van der Waals surface area contributed by atoms with E-state index in [1.165, 1.54) is 6.92 Å². The van der Waals surface area contributed by atoms with Crippen molar-refractivity contribution in [2.75, 3.05) is 12.3 Å². The molecule has 0 aromatic rings. The third-order valence-electron chi connectivity index (χ3n) is 1.35. The van der Waals surface area contributed by atoms with Gasteiger partial charge < -0.3 is 15.2 Å². The standard InChI is InChI=1S/C9H17NO4S/c1-6(2)8(11)13-7(3)14-9(12)15-5-4-10/h6-7H,4-5,10H2,1-3H3/t7-/m1/s1. The summed E-state index contributed by atoms with van der Waals surface area (Å²) >= 11 is 0.963. The van der Waals surface area contributed by atoms with Gasteiger partial charge in [0.1, 0.15) is 0 Å². The zero-order chi connectivity index (χ0) is 11.8. The lowest BCUT2D eigenvalue weighted by Crippen LogP contribution is -2.23. The first-order chi connectivity index (χ1) is 6.97. The molecule has 0 saturated heterocycles. The van der Waals surface area contributed by atoms with E-state index in [0.29, 0.717) is 12.3 Å². The minimum absolute atomic E-state index is 0.233. The lowest BCUT2D eigenvalue weighted by atomic mass is 10.2. The van der Waals surface area contributed by atoms with Crippen LogP contribution in [0.15, 0.2) is 0 Å². The Kier molecular flexibility index (Phi) is 7.15. The highest BCUT2D eigenvalue weighted by Crippen LogP contribution is 2.09. The molecule has 0 heterocycles. The van der Waals surface area contributed by atoms with Crippen molar-refractivity contribution >= 4 is 23.0 Å². The first kappa shape index (κ1) is 14.2. The molecular formula is C9H17NO4S. The quantitative estimate of drug-likeness (QED) is 0.572. The van der Waals surface area contributed by atoms with Crippen molar-refractivity contribution in [1.82, 2.24) is 0 Å². The van der Waals surface area contributed by atoms with Gasteiger partial charge in [-0.1, -0.05) is 13.8 Å². The first-order valence-electron chi connectivity index (χ1n) is 4.71. The molecule has 0 rings (SSSR count). The Morgan fingerprint density at radius 1 is 1.27 bits per heavy atom. The maximum absolute atomic E-state index is 11.1. The molecule has 0 aromatic carbocycles. The third kappa shape index (κ3) is 7.21. The van der Waals surface area contributed by atoms with Gasteiger partial charge in [0.15, 0.2) is 0 Å². The Balaban J connectivity index is 3.77. The molecule has 0 amide bonds. The van der Waals surface area contributed by atoms with E-state index in [9.17, 15) is 9.59 Å². The van der Waals surface area contributed by atoms with Crippen molar-refractivity contribution < 1.29 is 19.1 Å². The monoisotopic (exact) mass is 235 g/mol. The molecule has 15 heavy (non-hydrogen) atoms. The fourth-order valence-electron chi connectivity index (χ4n) is 0.636. The number of carbonyl (C=O) groups is 2. The summed E-state index contributed by atoms with van der Waals surface area (Å²) in [6.45, 7) is 5.32. The van der Waals surface area contributed by atoms with Gasteiger partial charge in [0.05, 0.1) is 5.92 Å². The molecule has 0 unspecified atom stereocenters. The SMILES string of the molecule is CC(C)C(=O)O[C@@H](C)OC(=O)SCCN. The van der Waals surface area contributed by atoms with Gasteiger partial charge in [0, 0.05) is 19.2 Å². The van der Waals surface area contributed by atoms with E-state index in [2.05, 4.69) is 0 Å². The highest BCUT2D eigenvalue weighted by atomic mass is 32.2. The van der Waals surface area contributed by atoms with Gasteiger partial charge in [-0.25, -0.2) is 4.79 Å². The van der Waals surface area contributed by atoms with Crippen molar-refractivity contribution in [2.45, 2.75) is 27.1 Å². The normalized spacial score (nSPS) is 12.3. The Hall–Kier alpha value is -0.750. The predicted octanol–water partition coefficient (Wildman–Crippen LogP) is 1.36.